The van der Waals surface area contributed by atoms with Crippen molar-refractivity contribution in [2.24, 2.45) is 11.1 Å². The van der Waals surface area contributed by atoms with Gasteiger partial charge in [-0.3, -0.25) is 0 Å². The molecule has 2 atom stereocenters. The Kier molecular flexibility index (Phi) is 7.92. The Balaban J connectivity index is 2.15. The van der Waals surface area contributed by atoms with E-state index in [9.17, 15) is 5.11 Å². The maximum atomic E-state index is 10.2. The summed E-state index contributed by atoms with van der Waals surface area (Å²) in [5.41, 5.74) is 6.01. The van der Waals surface area contributed by atoms with Crippen LogP contribution in [0, 0.1) is 5.41 Å². The molecule has 108 valence electrons. The first kappa shape index (κ1) is 16.0. The van der Waals surface area contributed by atoms with E-state index in [1.165, 1.54) is 57.8 Å². The summed E-state index contributed by atoms with van der Waals surface area (Å²) >= 11 is 0. The summed E-state index contributed by atoms with van der Waals surface area (Å²) in [5, 5.41) is 10.2. The van der Waals surface area contributed by atoms with Gasteiger partial charge >= 0.3 is 0 Å². The van der Waals surface area contributed by atoms with Crippen molar-refractivity contribution < 1.29 is 5.11 Å². The molecule has 2 heteroatoms. The monoisotopic (exact) mass is 255 g/mol. The molecule has 2 nitrogen and oxygen atoms in total. The smallest absolute Gasteiger partial charge is 0.0608 e. The Labute approximate surface area is 113 Å². The van der Waals surface area contributed by atoms with Gasteiger partial charge in [0, 0.05) is 12.0 Å². The molecule has 0 bridgehead atoms. The molecule has 1 rings (SSSR count). The highest BCUT2D eigenvalue weighted by Gasteiger charge is 2.37. The van der Waals surface area contributed by atoms with Gasteiger partial charge in [0.25, 0.3) is 0 Å². The largest absolute Gasteiger partial charge is 0.393 e. The van der Waals surface area contributed by atoms with Crippen LogP contribution in [-0.2, 0) is 0 Å². The lowest BCUT2D eigenvalue weighted by atomic mass is 9.69. The van der Waals surface area contributed by atoms with Gasteiger partial charge in [0.2, 0.25) is 0 Å². The number of aliphatic hydroxyl groups excluding tert-OH is 1. The predicted octanol–water partition coefficient (Wildman–Crippen LogP) is 4.01. The van der Waals surface area contributed by atoms with Crippen molar-refractivity contribution in [2.75, 3.05) is 6.54 Å². The molecule has 0 spiro atoms. The van der Waals surface area contributed by atoms with Crippen molar-refractivity contribution >= 4 is 0 Å². The number of aliphatic hydroxyl groups is 1. The lowest BCUT2D eigenvalue weighted by molar-refractivity contribution is -0.0134. The van der Waals surface area contributed by atoms with Gasteiger partial charge in [-0.25, -0.2) is 0 Å². The van der Waals surface area contributed by atoms with Crippen LogP contribution < -0.4 is 5.73 Å². The van der Waals surface area contributed by atoms with Gasteiger partial charge in [0.15, 0.2) is 0 Å². The molecule has 0 aromatic carbocycles. The first-order valence-corrected chi connectivity index (χ1v) is 8.13. The Morgan fingerprint density at radius 2 is 1.72 bits per heavy atom. The third-order valence-electron chi connectivity index (χ3n) is 4.79. The molecule has 0 heterocycles. The summed E-state index contributed by atoms with van der Waals surface area (Å²) < 4.78 is 0. The van der Waals surface area contributed by atoms with Gasteiger partial charge in [-0.15, -0.1) is 0 Å². The first-order valence-electron chi connectivity index (χ1n) is 8.13. The minimum atomic E-state index is -0.142. The fourth-order valence-electron chi connectivity index (χ4n) is 3.35. The van der Waals surface area contributed by atoms with E-state index < -0.39 is 0 Å². The fourth-order valence-corrected chi connectivity index (χ4v) is 3.35. The lowest BCUT2D eigenvalue weighted by Gasteiger charge is -2.41. The Hall–Kier alpha value is -0.0800. The van der Waals surface area contributed by atoms with Crippen LogP contribution in [-0.4, -0.2) is 17.8 Å². The van der Waals surface area contributed by atoms with E-state index in [2.05, 4.69) is 6.92 Å². The summed E-state index contributed by atoms with van der Waals surface area (Å²) in [4.78, 5) is 0. The minimum absolute atomic E-state index is 0.0572. The molecule has 0 saturated heterocycles. The van der Waals surface area contributed by atoms with Crippen LogP contribution in [0.1, 0.15) is 84.0 Å². The number of rotatable bonds is 9. The summed E-state index contributed by atoms with van der Waals surface area (Å²) in [5.74, 6) is 0. The fraction of sp³-hybridized carbons (Fsp3) is 1.00. The van der Waals surface area contributed by atoms with E-state index in [4.69, 9.17) is 5.73 Å². The Morgan fingerprint density at radius 1 is 1.06 bits per heavy atom. The summed E-state index contributed by atoms with van der Waals surface area (Å²) in [7, 11) is 0. The molecule has 18 heavy (non-hydrogen) atoms. The van der Waals surface area contributed by atoms with Gasteiger partial charge in [0.05, 0.1) is 6.10 Å². The van der Waals surface area contributed by atoms with Gasteiger partial charge in [-0.05, 0) is 19.3 Å². The van der Waals surface area contributed by atoms with E-state index >= 15 is 0 Å². The number of hydrogen-bond acceptors (Lipinski definition) is 2. The molecular formula is C16H33NO. The lowest BCUT2D eigenvalue weighted by Crippen LogP contribution is -2.44. The zero-order valence-electron chi connectivity index (χ0n) is 12.3. The summed E-state index contributed by atoms with van der Waals surface area (Å²) in [6.07, 6.45) is 14.9. The van der Waals surface area contributed by atoms with Crippen molar-refractivity contribution in [3.8, 4) is 0 Å². The topological polar surface area (TPSA) is 46.2 Å². The molecule has 0 aromatic rings. The van der Waals surface area contributed by atoms with Crippen molar-refractivity contribution in [2.45, 2.75) is 90.1 Å². The number of hydrogen-bond donors (Lipinski definition) is 2. The molecule has 0 radical (unpaired) electrons. The molecule has 2 unspecified atom stereocenters. The van der Waals surface area contributed by atoms with Crippen molar-refractivity contribution in [1.29, 1.82) is 0 Å². The van der Waals surface area contributed by atoms with Gasteiger partial charge in [0.1, 0.15) is 0 Å². The minimum Gasteiger partial charge on any atom is -0.393 e. The van der Waals surface area contributed by atoms with E-state index in [0.29, 0.717) is 6.54 Å². The molecule has 0 amide bonds. The van der Waals surface area contributed by atoms with Gasteiger partial charge < -0.3 is 10.8 Å². The standard InChI is InChI=1S/C16H33NO/c1-2-3-4-5-6-7-9-12-16(14-17)13-10-8-11-15(16)18/h15,18H,2-14,17H2,1H3. The number of unbranched alkanes of at least 4 members (excludes halogenated alkanes) is 6. The van der Waals surface area contributed by atoms with E-state index in [-0.39, 0.29) is 11.5 Å². The second-order valence-corrected chi connectivity index (χ2v) is 6.20. The van der Waals surface area contributed by atoms with Crippen molar-refractivity contribution in [1.82, 2.24) is 0 Å². The maximum Gasteiger partial charge on any atom is 0.0608 e. The molecule has 0 aromatic heterocycles. The zero-order chi connectivity index (χ0) is 13.3. The van der Waals surface area contributed by atoms with E-state index in [1.54, 1.807) is 0 Å². The summed E-state index contributed by atoms with van der Waals surface area (Å²) in [6, 6.07) is 0. The van der Waals surface area contributed by atoms with E-state index in [0.717, 1.165) is 19.3 Å². The second-order valence-electron chi connectivity index (χ2n) is 6.20. The maximum absolute atomic E-state index is 10.2. The highest BCUT2D eigenvalue weighted by Crippen LogP contribution is 2.40. The molecule has 3 N–H and O–H groups in total. The summed E-state index contributed by atoms with van der Waals surface area (Å²) in [6.45, 7) is 2.93. The molecule has 0 aliphatic heterocycles. The quantitative estimate of drug-likeness (QED) is 0.612. The third kappa shape index (κ3) is 4.89. The van der Waals surface area contributed by atoms with Crippen molar-refractivity contribution in [3.05, 3.63) is 0 Å². The average Bonchev–Trinajstić information content (AvgIpc) is 2.40. The molecule has 1 aliphatic rings. The van der Waals surface area contributed by atoms with Crippen LogP contribution in [0.5, 0.6) is 0 Å². The molecule has 1 fully saturated rings. The van der Waals surface area contributed by atoms with Crippen LogP contribution in [0.2, 0.25) is 0 Å². The average molecular weight is 255 g/mol. The molecule has 1 aliphatic carbocycles. The van der Waals surface area contributed by atoms with Crippen LogP contribution in [0.3, 0.4) is 0 Å². The highest BCUT2D eigenvalue weighted by atomic mass is 16.3. The SMILES string of the molecule is CCCCCCCCCC1(CN)CCCCC1O. The van der Waals surface area contributed by atoms with Gasteiger partial charge in [-0.1, -0.05) is 64.7 Å². The molecular weight excluding hydrogens is 222 g/mol. The van der Waals surface area contributed by atoms with Crippen LogP contribution >= 0.6 is 0 Å². The van der Waals surface area contributed by atoms with Crippen LogP contribution in [0.25, 0.3) is 0 Å². The second kappa shape index (κ2) is 8.92. The molecule has 1 saturated carbocycles. The van der Waals surface area contributed by atoms with Crippen molar-refractivity contribution in [3.63, 3.8) is 0 Å². The van der Waals surface area contributed by atoms with E-state index in [1.807, 2.05) is 0 Å². The first-order chi connectivity index (χ1) is 8.75. The third-order valence-corrected chi connectivity index (χ3v) is 4.79. The van der Waals surface area contributed by atoms with Gasteiger partial charge in [-0.2, -0.15) is 0 Å². The van der Waals surface area contributed by atoms with Crippen LogP contribution in [0.4, 0.5) is 0 Å². The normalized spacial score (nSPS) is 28.5. The highest BCUT2D eigenvalue weighted by molar-refractivity contribution is 4.90. The van der Waals surface area contributed by atoms with Crippen LogP contribution in [0.15, 0.2) is 0 Å². The number of nitrogens with two attached hydrogens (primary N) is 1. The Morgan fingerprint density at radius 3 is 2.33 bits per heavy atom. The Bertz CT molecular complexity index is 207. The predicted molar refractivity (Wildman–Crippen MR) is 78.6 cm³/mol. The zero-order valence-corrected chi connectivity index (χ0v) is 12.3.